The Morgan fingerprint density at radius 2 is 2.14 bits per heavy atom. The molecule has 1 aliphatic heterocycles. The number of hydrogen-bond donors (Lipinski definition) is 2. The first-order valence-electron chi connectivity index (χ1n) is 9.08. The number of morpholine rings is 1. The van der Waals surface area contributed by atoms with Crippen LogP contribution in [0.25, 0.3) is 0 Å². The predicted molar refractivity (Wildman–Crippen MR) is 92.1 cm³/mol. The molecule has 128 valence electrons. The topological polar surface area (TPSA) is 62.9 Å². The largest absolute Gasteiger partial charge is 0.379 e. The fourth-order valence-electron chi connectivity index (χ4n) is 3.60. The summed E-state index contributed by atoms with van der Waals surface area (Å²) in [5.74, 6) is 2.40. The third kappa shape index (κ3) is 6.97. The molecule has 1 saturated carbocycles. The molecule has 3 N–H and O–H groups in total. The summed E-state index contributed by atoms with van der Waals surface area (Å²) in [6.07, 6.45) is 7.89. The SMILES string of the molecule is CC1CCCC(CCNC(N)=NCCCN2CCOCC2)C1. The third-order valence-corrected chi connectivity index (χ3v) is 4.92. The summed E-state index contributed by atoms with van der Waals surface area (Å²) in [4.78, 5) is 6.87. The predicted octanol–water partition coefficient (Wildman–Crippen LogP) is 1.83. The molecule has 1 aliphatic carbocycles. The highest BCUT2D eigenvalue weighted by Crippen LogP contribution is 2.30. The van der Waals surface area contributed by atoms with E-state index in [0.717, 1.165) is 64.2 Å². The van der Waals surface area contributed by atoms with Crippen LogP contribution in [0.15, 0.2) is 4.99 Å². The van der Waals surface area contributed by atoms with Crippen molar-refractivity contribution in [2.45, 2.75) is 45.4 Å². The van der Waals surface area contributed by atoms with E-state index in [1.807, 2.05) is 0 Å². The summed E-state index contributed by atoms with van der Waals surface area (Å²) >= 11 is 0. The zero-order valence-electron chi connectivity index (χ0n) is 14.2. The molecule has 2 aliphatic rings. The van der Waals surface area contributed by atoms with Gasteiger partial charge >= 0.3 is 0 Å². The minimum Gasteiger partial charge on any atom is -0.379 e. The zero-order valence-corrected chi connectivity index (χ0v) is 14.2. The second-order valence-corrected chi connectivity index (χ2v) is 6.93. The van der Waals surface area contributed by atoms with Crippen molar-refractivity contribution in [2.75, 3.05) is 45.9 Å². The molecule has 0 amide bonds. The molecular formula is C17H34N4O. The van der Waals surface area contributed by atoms with E-state index >= 15 is 0 Å². The third-order valence-electron chi connectivity index (χ3n) is 4.92. The van der Waals surface area contributed by atoms with Crippen LogP contribution < -0.4 is 11.1 Å². The van der Waals surface area contributed by atoms with Gasteiger partial charge in [-0.25, -0.2) is 0 Å². The molecule has 1 saturated heterocycles. The maximum Gasteiger partial charge on any atom is 0.188 e. The van der Waals surface area contributed by atoms with Gasteiger partial charge in [-0.15, -0.1) is 0 Å². The second-order valence-electron chi connectivity index (χ2n) is 6.93. The van der Waals surface area contributed by atoms with Crippen molar-refractivity contribution in [3.05, 3.63) is 0 Å². The van der Waals surface area contributed by atoms with Gasteiger partial charge in [0, 0.05) is 32.7 Å². The molecule has 2 unspecified atom stereocenters. The summed E-state index contributed by atoms with van der Waals surface area (Å²) in [6.45, 7) is 9.10. The van der Waals surface area contributed by atoms with E-state index in [1.165, 1.54) is 32.1 Å². The fourth-order valence-corrected chi connectivity index (χ4v) is 3.60. The molecule has 0 radical (unpaired) electrons. The second kappa shape index (κ2) is 10.1. The lowest BCUT2D eigenvalue weighted by Crippen LogP contribution is -2.37. The molecule has 1 heterocycles. The van der Waals surface area contributed by atoms with Crippen LogP contribution in [0.3, 0.4) is 0 Å². The Morgan fingerprint density at radius 3 is 2.91 bits per heavy atom. The molecule has 22 heavy (non-hydrogen) atoms. The lowest BCUT2D eigenvalue weighted by atomic mass is 9.81. The van der Waals surface area contributed by atoms with Crippen molar-refractivity contribution in [3.8, 4) is 0 Å². The van der Waals surface area contributed by atoms with Gasteiger partial charge in [-0.05, 0) is 31.1 Å². The molecule has 2 fully saturated rings. The van der Waals surface area contributed by atoms with E-state index < -0.39 is 0 Å². The standard InChI is InChI=1S/C17H34N4O/c1-15-4-2-5-16(14-15)6-8-20-17(18)19-7-3-9-21-10-12-22-13-11-21/h15-16H,2-14H2,1H3,(H3,18,19,20). The molecular weight excluding hydrogens is 276 g/mol. The minimum atomic E-state index is 0.617. The highest BCUT2D eigenvalue weighted by molar-refractivity contribution is 5.77. The summed E-state index contributed by atoms with van der Waals surface area (Å²) in [5.41, 5.74) is 5.94. The van der Waals surface area contributed by atoms with Crippen LogP contribution in [0.4, 0.5) is 0 Å². The molecule has 0 aromatic rings. The lowest BCUT2D eigenvalue weighted by molar-refractivity contribution is 0.0377. The van der Waals surface area contributed by atoms with Gasteiger partial charge in [0.15, 0.2) is 5.96 Å². The molecule has 2 atom stereocenters. The van der Waals surface area contributed by atoms with Gasteiger partial charge in [0.05, 0.1) is 13.2 Å². The molecule has 0 spiro atoms. The van der Waals surface area contributed by atoms with Crippen molar-refractivity contribution in [3.63, 3.8) is 0 Å². The average Bonchev–Trinajstić information content (AvgIpc) is 2.53. The van der Waals surface area contributed by atoms with Crippen molar-refractivity contribution in [1.82, 2.24) is 10.2 Å². The maximum atomic E-state index is 5.94. The Balaban J connectivity index is 1.49. The number of guanidine groups is 1. The van der Waals surface area contributed by atoms with E-state index in [1.54, 1.807) is 0 Å². The summed E-state index contributed by atoms with van der Waals surface area (Å²) in [5, 5.41) is 3.28. The highest BCUT2D eigenvalue weighted by atomic mass is 16.5. The molecule has 2 rings (SSSR count). The van der Waals surface area contributed by atoms with Gasteiger partial charge in [0.2, 0.25) is 0 Å². The number of hydrogen-bond acceptors (Lipinski definition) is 3. The normalized spacial score (nSPS) is 27.8. The van der Waals surface area contributed by atoms with Crippen LogP contribution >= 0.6 is 0 Å². The smallest absolute Gasteiger partial charge is 0.188 e. The molecule has 5 nitrogen and oxygen atoms in total. The first-order chi connectivity index (χ1) is 10.7. The molecule has 0 bridgehead atoms. The monoisotopic (exact) mass is 310 g/mol. The minimum absolute atomic E-state index is 0.617. The Labute approximate surface area is 135 Å². The number of nitrogens with zero attached hydrogens (tertiary/aromatic N) is 2. The van der Waals surface area contributed by atoms with Crippen molar-refractivity contribution in [1.29, 1.82) is 0 Å². The highest BCUT2D eigenvalue weighted by Gasteiger charge is 2.18. The summed E-state index contributed by atoms with van der Waals surface area (Å²) in [6, 6.07) is 0. The van der Waals surface area contributed by atoms with Crippen LogP contribution in [-0.2, 0) is 4.74 Å². The van der Waals surface area contributed by atoms with Crippen LogP contribution in [-0.4, -0.2) is 56.8 Å². The van der Waals surface area contributed by atoms with Gasteiger partial charge in [-0.3, -0.25) is 9.89 Å². The average molecular weight is 310 g/mol. The van der Waals surface area contributed by atoms with Gasteiger partial charge in [-0.2, -0.15) is 0 Å². The Hall–Kier alpha value is -0.810. The molecule has 0 aromatic carbocycles. The number of nitrogens with two attached hydrogens (primary N) is 1. The van der Waals surface area contributed by atoms with Gasteiger partial charge in [-0.1, -0.05) is 26.2 Å². The number of aliphatic imine (C=N–C) groups is 1. The zero-order chi connectivity index (χ0) is 15.6. The Bertz CT molecular complexity index is 329. The summed E-state index contributed by atoms with van der Waals surface area (Å²) < 4.78 is 5.35. The van der Waals surface area contributed by atoms with E-state index in [2.05, 4.69) is 22.1 Å². The van der Waals surface area contributed by atoms with E-state index in [-0.39, 0.29) is 0 Å². The van der Waals surface area contributed by atoms with Crippen LogP contribution in [0, 0.1) is 11.8 Å². The van der Waals surface area contributed by atoms with E-state index in [0.29, 0.717) is 5.96 Å². The maximum absolute atomic E-state index is 5.94. The summed E-state index contributed by atoms with van der Waals surface area (Å²) in [7, 11) is 0. The Kier molecular flexibility index (Phi) is 8.02. The molecule has 5 heteroatoms. The van der Waals surface area contributed by atoms with Gasteiger partial charge in [0.1, 0.15) is 0 Å². The first kappa shape index (κ1) is 17.5. The first-order valence-corrected chi connectivity index (χ1v) is 9.08. The number of nitrogens with one attached hydrogen (secondary N) is 1. The fraction of sp³-hybridized carbons (Fsp3) is 0.941. The van der Waals surface area contributed by atoms with Crippen LogP contribution in [0.5, 0.6) is 0 Å². The van der Waals surface area contributed by atoms with Gasteiger partial charge in [0.25, 0.3) is 0 Å². The molecule has 0 aromatic heterocycles. The quantitative estimate of drug-likeness (QED) is 0.428. The van der Waals surface area contributed by atoms with Crippen LogP contribution in [0.2, 0.25) is 0 Å². The van der Waals surface area contributed by atoms with Crippen molar-refractivity contribution < 1.29 is 4.74 Å². The Morgan fingerprint density at radius 1 is 1.32 bits per heavy atom. The van der Waals surface area contributed by atoms with E-state index in [4.69, 9.17) is 10.5 Å². The van der Waals surface area contributed by atoms with Crippen molar-refractivity contribution >= 4 is 5.96 Å². The lowest BCUT2D eigenvalue weighted by Gasteiger charge is -2.26. The van der Waals surface area contributed by atoms with Crippen LogP contribution in [0.1, 0.15) is 45.4 Å². The van der Waals surface area contributed by atoms with Crippen molar-refractivity contribution in [2.24, 2.45) is 22.6 Å². The number of ether oxygens (including phenoxy) is 1. The van der Waals surface area contributed by atoms with E-state index in [9.17, 15) is 0 Å². The van der Waals surface area contributed by atoms with Gasteiger partial charge < -0.3 is 15.8 Å². The number of rotatable bonds is 7.